The first-order valence-corrected chi connectivity index (χ1v) is 8.30. The molecule has 0 saturated carbocycles. The highest BCUT2D eigenvalue weighted by molar-refractivity contribution is 6.04. The summed E-state index contributed by atoms with van der Waals surface area (Å²) in [5.74, 6) is -0.0365. The van der Waals surface area contributed by atoms with Crippen LogP contribution in [0.3, 0.4) is 0 Å². The van der Waals surface area contributed by atoms with Gasteiger partial charge in [-0.1, -0.05) is 12.1 Å². The number of piperazine rings is 1. The summed E-state index contributed by atoms with van der Waals surface area (Å²) in [5.41, 5.74) is 0.791. The number of benzene rings is 1. The molecule has 0 radical (unpaired) electrons. The van der Waals surface area contributed by atoms with Gasteiger partial charge in [-0.3, -0.25) is 19.3 Å². The topological polar surface area (TPSA) is 104 Å². The number of nitrogens with one attached hydrogen (secondary N) is 3. The first kappa shape index (κ1) is 17.7. The number of hydrogen-bond donors (Lipinski definition) is 3. The van der Waals surface area contributed by atoms with Crippen LogP contribution in [0.15, 0.2) is 47.1 Å². The highest BCUT2D eigenvalue weighted by atomic mass is 16.3. The SMILES string of the molecule is O=C1CN(CC(=O)Nc2ccccc2C(=O)NCc2ccco2)CCN1. The van der Waals surface area contributed by atoms with Crippen LogP contribution in [0, 0.1) is 0 Å². The van der Waals surface area contributed by atoms with Crippen LogP contribution in [0.5, 0.6) is 0 Å². The van der Waals surface area contributed by atoms with Crippen molar-refractivity contribution >= 4 is 23.4 Å². The van der Waals surface area contributed by atoms with E-state index in [0.29, 0.717) is 30.1 Å². The Morgan fingerprint density at radius 2 is 2.04 bits per heavy atom. The maximum atomic E-state index is 12.4. The number of carbonyl (C=O) groups excluding carboxylic acids is 3. The van der Waals surface area contributed by atoms with Crippen molar-refractivity contribution < 1.29 is 18.8 Å². The van der Waals surface area contributed by atoms with Crippen LogP contribution in [-0.2, 0) is 16.1 Å². The molecule has 3 amide bonds. The fraction of sp³-hybridized carbons (Fsp3) is 0.278. The van der Waals surface area contributed by atoms with Crippen molar-refractivity contribution in [1.29, 1.82) is 0 Å². The fourth-order valence-electron chi connectivity index (χ4n) is 2.69. The molecule has 1 aliphatic heterocycles. The lowest BCUT2D eigenvalue weighted by molar-refractivity contribution is -0.125. The number of rotatable bonds is 6. The standard InChI is InChI=1S/C18H20N4O4/c23-16-11-22(8-7-19-16)12-17(24)21-15-6-2-1-5-14(15)18(25)20-10-13-4-3-9-26-13/h1-6,9H,7-8,10-12H2,(H,19,23)(H,20,25)(H,21,24). The zero-order valence-electron chi connectivity index (χ0n) is 14.2. The Morgan fingerprint density at radius 3 is 2.81 bits per heavy atom. The minimum absolute atomic E-state index is 0.0930. The Morgan fingerprint density at radius 1 is 1.19 bits per heavy atom. The second-order valence-electron chi connectivity index (χ2n) is 5.92. The van der Waals surface area contributed by atoms with E-state index in [4.69, 9.17) is 4.42 Å². The summed E-state index contributed by atoms with van der Waals surface area (Å²) in [4.78, 5) is 37.8. The van der Waals surface area contributed by atoms with Gasteiger partial charge in [-0.05, 0) is 24.3 Å². The molecule has 0 unspecified atom stereocenters. The number of carbonyl (C=O) groups is 3. The van der Waals surface area contributed by atoms with Gasteiger partial charge in [0.2, 0.25) is 11.8 Å². The number of hydrogen-bond acceptors (Lipinski definition) is 5. The van der Waals surface area contributed by atoms with E-state index in [-0.39, 0.29) is 37.4 Å². The lowest BCUT2D eigenvalue weighted by Crippen LogP contribution is -2.49. The molecule has 3 N–H and O–H groups in total. The Balaban J connectivity index is 1.60. The van der Waals surface area contributed by atoms with Crippen LogP contribution in [0.1, 0.15) is 16.1 Å². The number of amides is 3. The summed E-state index contributed by atoms with van der Waals surface area (Å²) in [6, 6.07) is 10.3. The lowest BCUT2D eigenvalue weighted by Gasteiger charge is -2.25. The zero-order valence-corrected chi connectivity index (χ0v) is 14.2. The van der Waals surface area contributed by atoms with Gasteiger partial charge < -0.3 is 20.4 Å². The molecular formula is C18H20N4O4. The second-order valence-corrected chi connectivity index (χ2v) is 5.92. The summed E-state index contributed by atoms with van der Waals surface area (Å²) in [6.45, 7) is 1.69. The van der Waals surface area contributed by atoms with Gasteiger partial charge in [-0.25, -0.2) is 0 Å². The lowest BCUT2D eigenvalue weighted by atomic mass is 10.1. The number of nitrogens with zero attached hydrogens (tertiary/aromatic N) is 1. The van der Waals surface area contributed by atoms with E-state index in [2.05, 4.69) is 16.0 Å². The smallest absolute Gasteiger partial charge is 0.253 e. The molecule has 0 bridgehead atoms. The second kappa shape index (κ2) is 8.30. The summed E-state index contributed by atoms with van der Waals surface area (Å²) in [6.07, 6.45) is 1.54. The summed E-state index contributed by atoms with van der Waals surface area (Å²) >= 11 is 0. The van der Waals surface area contributed by atoms with Crippen LogP contribution in [-0.4, -0.2) is 48.8 Å². The predicted octanol–water partition coefficient (Wildman–Crippen LogP) is 0.580. The Kier molecular flexibility index (Phi) is 5.65. The van der Waals surface area contributed by atoms with E-state index in [1.807, 2.05) is 0 Å². The van der Waals surface area contributed by atoms with E-state index < -0.39 is 0 Å². The molecule has 2 aromatic rings. The monoisotopic (exact) mass is 356 g/mol. The third-order valence-electron chi connectivity index (χ3n) is 3.93. The molecule has 0 spiro atoms. The van der Waals surface area contributed by atoms with E-state index in [9.17, 15) is 14.4 Å². The largest absolute Gasteiger partial charge is 0.467 e. The minimum Gasteiger partial charge on any atom is -0.467 e. The first-order chi connectivity index (χ1) is 12.6. The van der Waals surface area contributed by atoms with Crippen molar-refractivity contribution in [2.24, 2.45) is 0 Å². The van der Waals surface area contributed by atoms with Crippen LogP contribution in [0.25, 0.3) is 0 Å². The first-order valence-electron chi connectivity index (χ1n) is 8.30. The zero-order chi connectivity index (χ0) is 18.4. The van der Waals surface area contributed by atoms with E-state index >= 15 is 0 Å². The molecule has 2 heterocycles. The average Bonchev–Trinajstić information content (AvgIpc) is 3.13. The summed E-state index contributed by atoms with van der Waals surface area (Å²) in [7, 11) is 0. The Labute approximate surface area is 150 Å². The van der Waals surface area contributed by atoms with Crippen molar-refractivity contribution in [2.45, 2.75) is 6.54 Å². The van der Waals surface area contributed by atoms with Crippen molar-refractivity contribution in [3.8, 4) is 0 Å². The highest BCUT2D eigenvalue weighted by Gasteiger charge is 2.19. The molecule has 1 saturated heterocycles. The molecule has 0 aliphatic carbocycles. The van der Waals surface area contributed by atoms with Gasteiger partial charge in [0.15, 0.2) is 0 Å². The molecule has 26 heavy (non-hydrogen) atoms. The average molecular weight is 356 g/mol. The van der Waals surface area contributed by atoms with Gasteiger partial charge in [-0.2, -0.15) is 0 Å². The summed E-state index contributed by atoms with van der Waals surface area (Å²) < 4.78 is 5.19. The molecule has 136 valence electrons. The fourth-order valence-corrected chi connectivity index (χ4v) is 2.69. The van der Waals surface area contributed by atoms with Crippen molar-refractivity contribution in [3.63, 3.8) is 0 Å². The van der Waals surface area contributed by atoms with Gasteiger partial charge in [0, 0.05) is 13.1 Å². The van der Waals surface area contributed by atoms with E-state index in [1.54, 1.807) is 41.3 Å². The van der Waals surface area contributed by atoms with E-state index in [0.717, 1.165) is 0 Å². The molecule has 8 heteroatoms. The van der Waals surface area contributed by atoms with Crippen LogP contribution in [0.2, 0.25) is 0 Å². The van der Waals surface area contributed by atoms with E-state index in [1.165, 1.54) is 6.26 Å². The molecule has 0 atom stereocenters. The quantitative estimate of drug-likeness (QED) is 0.702. The normalized spacial score (nSPS) is 14.5. The maximum Gasteiger partial charge on any atom is 0.253 e. The molecule has 1 aromatic carbocycles. The predicted molar refractivity (Wildman–Crippen MR) is 94.4 cm³/mol. The van der Waals surface area contributed by atoms with Crippen molar-refractivity contribution in [1.82, 2.24) is 15.5 Å². The number of furan rings is 1. The molecule has 1 aliphatic rings. The minimum atomic E-state index is -0.311. The van der Waals surface area contributed by atoms with Gasteiger partial charge in [0.05, 0.1) is 37.1 Å². The van der Waals surface area contributed by atoms with Gasteiger partial charge in [0.1, 0.15) is 5.76 Å². The molecule has 1 aromatic heterocycles. The van der Waals surface area contributed by atoms with Crippen molar-refractivity contribution in [2.75, 3.05) is 31.5 Å². The third-order valence-corrected chi connectivity index (χ3v) is 3.93. The molecular weight excluding hydrogens is 336 g/mol. The van der Waals surface area contributed by atoms with Crippen LogP contribution < -0.4 is 16.0 Å². The van der Waals surface area contributed by atoms with Gasteiger partial charge in [-0.15, -0.1) is 0 Å². The Bertz CT molecular complexity index is 788. The van der Waals surface area contributed by atoms with Crippen molar-refractivity contribution in [3.05, 3.63) is 54.0 Å². The molecule has 3 rings (SSSR count). The summed E-state index contributed by atoms with van der Waals surface area (Å²) in [5, 5.41) is 8.22. The van der Waals surface area contributed by atoms with Gasteiger partial charge >= 0.3 is 0 Å². The maximum absolute atomic E-state index is 12.4. The van der Waals surface area contributed by atoms with Gasteiger partial charge in [0.25, 0.3) is 5.91 Å². The number of anilines is 1. The van der Waals surface area contributed by atoms with Crippen LogP contribution in [0.4, 0.5) is 5.69 Å². The molecule has 8 nitrogen and oxygen atoms in total. The number of para-hydroxylation sites is 1. The van der Waals surface area contributed by atoms with Crippen LogP contribution >= 0.6 is 0 Å². The highest BCUT2D eigenvalue weighted by Crippen LogP contribution is 2.15. The third kappa shape index (κ3) is 4.70. The Hall–Kier alpha value is -3.13. The molecule has 1 fully saturated rings.